The lowest BCUT2D eigenvalue weighted by Crippen LogP contribution is -2.35. The molecular formula is C15H12N2O5S. The zero-order valence-electron chi connectivity index (χ0n) is 11.8. The van der Waals surface area contributed by atoms with Gasteiger partial charge in [-0.25, -0.2) is 17.5 Å². The largest absolute Gasteiger partial charge is 0.478 e. The van der Waals surface area contributed by atoms with Crippen molar-refractivity contribution >= 4 is 27.6 Å². The first-order valence-corrected chi connectivity index (χ1v) is 8.09. The number of sulfonamides is 1. The van der Waals surface area contributed by atoms with Crippen LogP contribution in [0.25, 0.3) is 0 Å². The van der Waals surface area contributed by atoms with Gasteiger partial charge in [0.15, 0.2) is 0 Å². The van der Waals surface area contributed by atoms with Crippen molar-refractivity contribution < 1.29 is 23.1 Å². The lowest BCUT2D eigenvalue weighted by atomic mass is 10.2. The Labute approximate surface area is 132 Å². The molecule has 0 saturated heterocycles. The number of carboxylic acid groups (broad SMARTS) is 1. The van der Waals surface area contributed by atoms with Crippen LogP contribution >= 0.6 is 0 Å². The average molecular weight is 332 g/mol. The highest BCUT2D eigenvalue weighted by Gasteiger charge is 2.40. The number of amides is 1. The highest BCUT2D eigenvalue weighted by molar-refractivity contribution is 7.90. The fraction of sp³-hybridized carbons (Fsp3) is 0.0667. The van der Waals surface area contributed by atoms with E-state index in [1.807, 2.05) is 0 Å². The minimum Gasteiger partial charge on any atom is -0.478 e. The number of nitrogens with zero attached hydrogens (tertiary/aromatic N) is 1. The maximum absolute atomic E-state index is 12.4. The van der Waals surface area contributed by atoms with Gasteiger partial charge in [-0.3, -0.25) is 4.79 Å². The molecule has 1 amide bonds. The van der Waals surface area contributed by atoms with E-state index in [1.54, 1.807) is 24.3 Å². The zero-order valence-corrected chi connectivity index (χ0v) is 12.6. The fourth-order valence-corrected chi connectivity index (χ4v) is 3.84. The molecule has 0 saturated carbocycles. The predicted molar refractivity (Wildman–Crippen MR) is 81.7 cm³/mol. The summed E-state index contributed by atoms with van der Waals surface area (Å²) in [5.74, 6) is -1.78. The number of para-hydroxylation sites is 1. The van der Waals surface area contributed by atoms with Gasteiger partial charge in [0.25, 0.3) is 15.9 Å². The number of carboxylic acids is 1. The van der Waals surface area contributed by atoms with E-state index in [-0.39, 0.29) is 28.4 Å². The lowest BCUT2D eigenvalue weighted by molar-refractivity contribution is 0.0697. The summed E-state index contributed by atoms with van der Waals surface area (Å²) in [4.78, 5) is 23.3. The summed E-state index contributed by atoms with van der Waals surface area (Å²) in [7, 11) is -3.92. The normalized spacial score (nSPS) is 15.3. The first-order valence-electron chi connectivity index (χ1n) is 6.65. The molecule has 118 valence electrons. The number of anilines is 1. The summed E-state index contributed by atoms with van der Waals surface area (Å²) < 4.78 is 25.5. The van der Waals surface area contributed by atoms with Crippen LogP contribution in [-0.2, 0) is 10.0 Å². The molecule has 0 atom stereocenters. The van der Waals surface area contributed by atoms with Crippen molar-refractivity contribution in [1.29, 1.82) is 0 Å². The molecule has 0 unspecified atom stereocenters. The highest BCUT2D eigenvalue weighted by Crippen LogP contribution is 2.29. The second kappa shape index (κ2) is 5.40. The van der Waals surface area contributed by atoms with E-state index in [2.05, 4.69) is 5.32 Å². The Morgan fingerprint density at radius 3 is 2.43 bits per heavy atom. The van der Waals surface area contributed by atoms with Gasteiger partial charge in [0.1, 0.15) is 11.6 Å². The number of carbonyl (C=O) groups is 2. The summed E-state index contributed by atoms with van der Waals surface area (Å²) in [6.45, 7) is -0.347. The van der Waals surface area contributed by atoms with Crippen LogP contribution in [0.1, 0.15) is 20.7 Å². The van der Waals surface area contributed by atoms with Crippen LogP contribution in [0, 0.1) is 0 Å². The number of carbonyl (C=O) groups excluding carboxylic acids is 1. The van der Waals surface area contributed by atoms with E-state index in [9.17, 15) is 18.0 Å². The first kappa shape index (κ1) is 15.0. The maximum Gasteiger partial charge on any atom is 0.337 e. The number of hydrogen-bond acceptors (Lipinski definition) is 5. The Hall–Kier alpha value is -2.87. The van der Waals surface area contributed by atoms with E-state index in [1.165, 1.54) is 24.3 Å². The number of hydrogen-bond donors (Lipinski definition) is 2. The summed E-state index contributed by atoms with van der Waals surface area (Å²) >= 11 is 0. The van der Waals surface area contributed by atoms with Crippen LogP contribution in [0.5, 0.6) is 0 Å². The van der Waals surface area contributed by atoms with Crippen molar-refractivity contribution in [3.8, 4) is 0 Å². The number of benzene rings is 2. The van der Waals surface area contributed by atoms with Crippen LogP contribution in [0.4, 0.5) is 5.69 Å². The van der Waals surface area contributed by atoms with Crippen molar-refractivity contribution in [2.75, 3.05) is 12.0 Å². The molecule has 2 N–H and O–H groups in total. The van der Waals surface area contributed by atoms with Gasteiger partial charge in [-0.15, -0.1) is 0 Å². The second-order valence-corrected chi connectivity index (χ2v) is 6.67. The van der Waals surface area contributed by atoms with Crippen molar-refractivity contribution in [2.45, 2.75) is 4.90 Å². The molecular weight excluding hydrogens is 320 g/mol. The molecule has 1 aliphatic heterocycles. The third-order valence-corrected chi connectivity index (χ3v) is 5.27. The van der Waals surface area contributed by atoms with Gasteiger partial charge in [-0.2, -0.15) is 0 Å². The molecule has 7 nitrogen and oxygen atoms in total. The van der Waals surface area contributed by atoms with Crippen LogP contribution in [0.2, 0.25) is 0 Å². The number of nitrogens with one attached hydrogen (secondary N) is 1. The number of fused-ring (bicyclic) bond motifs is 1. The topological polar surface area (TPSA) is 104 Å². The highest BCUT2D eigenvalue weighted by atomic mass is 32.2. The van der Waals surface area contributed by atoms with E-state index < -0.39 is 21.9 Å². The molecule has 1 heterocycles. The molecule has 2 aromatic carbocycles. The van der Waals surface area contributed by atoms with Crippen LogP contribution in [0.15, 0.2) is 53.4 Å². The molecule has 0 radical (unpaired) electrons. The van der Waals surface area contributed by atoms with Gasteiger partial charge in [0.2, 0.25) is 0 Å². The summed E-state index contributed by atoms with van der Waals surface area (Å²) in [5, 5.41) is 11.8. The van der Waals surface area contributed by atoms with E-state index >= 15 is 0 Å². The summed E-state index contributed by atoms with van der Waals surface area (Å²) in [5.41, 5.74) is 0.342. The number of rotatable bonds is 4. The molecule has 0 fully saturated rings. The molecule has 0 bridgehead atoms. The molecule has 3 rings (SSSR count). The lowest BCUT2D eigenvalue weighted by Gasteiger charge is -2.17. The minimum absolute atomic E-state index is 0.00550. The number of aromatic carboxylic acids is 1. The first-order chi connectivity index (χ1) is 10.9. The van der Waals surface area contributed by atoms with E-state index in [4.69, 9.17) is 5.11 Å². The molecule has 0 aromatic heterocycles. The Kier molecular flexibility index (Phi) is 3.53. The quantitative estimate of drug-likeness (QED) is 0.881. The van der Waals surface area contributed by atoms with E-state index in [0.29, 0.717) is 4.31 Å². The average Bonchev–Trinajstić information content (AvgIpc) is 2.73. The summed E-state index contributed by atoms with van der Waals surface area (Å²) in [6.07, 6.45) is 0. The molecule has 2 aromatic rings. The van der Waals surface area contributed by atoms with Crippen LogP contribution in [0.3, 0.4) is 0 Å². The third kappa shape index (κ3) is 2.42. The molecule has 0 aliphatic carbocycles. The Balaban J connectivity index is 1.89. The Morgan fingerprint density at radius 1 is 1.09 bits per heavy atom. The molecule has 0 spiro atoms. The minimum atomic E-state index is -3.92. The molecule has 8 heteroatoms. The maximum atomic E-state index is 12.4. The smallest absolute Gasteiger partial charge is 0.337 e. The van der Waals surface area contributed by atoms with Gasteiger partial charge < -0.3 is 10.4 Å². The van der Waals surface area contributed by atoms with Gasteiger partial charge >= 0.3 is 5.97 Å². The van der Waals surface area contributed by atoms with Crippen LogP contribution < -0.4 is 5.32 Å². The molecule has 23 heavy (non-hydrogen) atoms. The van der Waals surface area contributed by atoms with Crippen molar-refractivity contribution in [3.05, 3.63) is 59.7 Å². The van der Waals surface area contributed by atoms with E-state index in [0.717, 1.165) is 0 Å². The van der Waals surface area contributed by atoms with Gasteiger partial charge in [0.05, 0.1) is 16.8 Å². The Morgan fingerprint density at radius 2 is 1.74 bits per heavy atom. The van der Waals surface area contributed by atoms with Crippen molar-refractivity contribution in [2.24, 2.45) is 0 Å². The SMILES string of the molecule is O=C(O)c1ccccc1NCN1C(=O)c2ccccc2S1(=O)=O. The monoisotopic (exact) mass is 332 g/mol. The van der Waals surface area contributed by atoms with Crippen molar-refractivity contribution in [1.82, 2.24) is 4.31 Å². The van der Waals surface area contributed by atoms with Gasteiger partial charge in [-0.05, 0) is 24.3 Å². The zero-order chi connectivity index (χ0) is 16.6. The van der Waals surface area contributed by atoms with Gasteiger partial charge in [-0.1, -0.05) is 24.3 Å². The van der Waals surface area contributed by atoms with Gasteiger partial charge in [0, 0.05) is 0 Å². The fourth-order valence-electron chi connectivity index (χ4n) is 2.37. The molecule has 1 aliphatic rings. The standard InChI is InChI=1S/C15H12N2O5S/c18-14-11-6-2-4-8-13(11)23(21,22)17(14)9-16-12-7-3-1-5-10(12)15(19)20/h1-8,16H,9H2,(H,19,20). The summed E-state index contributed by atoms with van der Waals surface area (Å²) in [6, 6.07) is 12.0. The van der Waals surface area contributed by atoms with Crippen LogP contribution in [-0.4, -0.2) is 36.4 Å². The third-order valence-electron chi connectivity index (χ3n) is 3.48. The second-order valence-electron chi connectivity index (χ2n) is 4.84. The van der Waals surface area contributed by atoms with Crippen molar-refractivity contribution in [3.63, 3.8) is 0 Å². The predicted octanol–water partition coefficient (Wildman–Crippen LogP) is 1.60. The Bertz CT molecular complexity index is 908.